The zero-order valence-corrected chi connectivity index (χ0v) is 14.0. The Morgan fingerprint density at radius 2 is 2.27 bits per heavy atom. The van der Waals surface area contributed by atoms with Gasteiger partial charge < -0.3 is 4.90 Å². The molecule has 116 valence electrons. The molecule has 8 heteroatoms. The summed E-state index contributed by atoms with van der Waals surface area (Å²) in [5.41, 5.74) is 2.26. The molecule has 2 aliphatic rings. The van der Waals surface area contributed by atoms with E-state index in [1.165, 1.54) is 11.5 Å². The van der Waals surface area contributed by atoms with Crippen molar-refractivity contribution in [2.45, 2.75) is 25.6 Å². The van der Waals surface area contributed by atoms with E-state index in [9.17, 15) is 4.79 Å². The van der Waals surface area contributed by atoms with Crippen LogP contribution < -0.4 is 10.5 Å². The van der Waals surface area contributed by atoms with Crippen LogP contribution in [-0.4, -0.2) is 38.0 Å². The summed E-state index contributed by atoms with van der Waals surface area (Å²) in [7, 11) is 0. The Morgan fingerprint density at radius 1 is 1.41 bits per heavy atom. The van der Waals surface area contributed by atoms with Crippen molar-refractivity contribution in [3.05, 3.63) is 33.5 Å². The van der Waals surface area contributed by atoms with Crippen LogP contribution in [0.5, 0.6) is 0 Å². The average Bonchev–Trinajstić information content (AvgIpc) is 2.88. The smallest absolute Gasteiger partial charge is 0.267 e. The fraction of sp³-hybridized carbons (Fsp3) is 0.571. The molecule has 0 radical (unpaired) electrons. The Hall–Kier alpha value is -1.41. The number of rotatable bonds is 3. The Morgan fingerprint density at radius 3 is 3.05 bits per heavy atom. The molecule has 2 aromatic heterocycles. The van der Waals surface area contributed by atoms with Crippen LogP contribution in [0, 0.1) is 12.8 Å². The Bertz CT molecular complexity index is 750. The highest BCUT2D eigenvalue weighted by atomic mass is 32.2. The second-order valence-electron chi connectivity index (χ2n) is 5.83. The van der Waals surface area contributed by atoms with Gasteiger partial charge >= 0.3 is 0 Å². The van der Waals surface area contributed by atoms with Crippen molar-refractivity contribution in [3.8, 4) is 0 Å². The normalized spacial score (nSPS) is 18.1. The summed E-state index contributed by atoms with van der Waals surface area (Å²) >= 11 is 3.32. The van der Waals surface area contributed by atoms with Crippen LogP contribution in [0.1, 0.15) is 17.1 Å². The fourth-order valence-corrected chi connectivity index (χ4v) is 4.53. The molecule has 0 aliphatic carbocycles. The van der Waals surface area contributed by atoms with Crippen LogP contribution in [-0.2, 0) is 18.7 Å². The van der Waals surface area contributed by atoms with Gasteiger partial charge in [-0.15, -0.1) is 0 Å². The summed E-state index contributed by atoms with van der Waals surface area (Å²) in [6, 6.07) is 1.78. The van der Waals surface area contributed by atoms with Gasteiger partial charge in [0.2, 0.25) is 5.13 Å². The lowest BCUT2D eigenvalue weighted by molar-refractivity contribution is 0.332. The van der Waals surface area contributed by atoms with Crippen LogP contribution in [0.4, 0.5) is 5.13 Å². The van der Waals surface area contributed by atoms with Crippen LogP contribution in [0.3, 0.4) is 0 Å². The summed E-state index contributed by atoms with van der Waals surface area (Å²) in [4.78, 5) is 18.8. The van der Waals surface area contributed by atoms with Crippen LogP contribution in [0.2, 0.25) is 0 Å². The van der Waals surface area contributed by atoms with Gasteiger partial charge in [0.05, 0.1) is 12.2 Å². The molecule has 6 nitrogen and oxygen atoms in total. The van der Waals surface area contributed by atoms with Gasteiger partial charge in [-0.1, -0.05) is 0 Å². The van der Waals surface area contributed by atoms with E-state index in [4.69, 9.17) is 0 Å². The standard InChI is InChI=1S/C14H17N5OS2/c1-9-15-14(22-17-9)18-5-10(6-18)7-19-13(20)4-11-8-21-3-2-12(11)16-19/h4,10H,2-3,5-8H2,1H3. The molecule has 2 aromatic rings. The number of aryl methyl sites for hydroxylation is 2. The topological polar surface area (TPSA) is 63.9 Å². The molecule has 0 spiro atoms. The zero-order valence-electron chi connectivity index (χ0n) is 12.4. The predicted molar refractivity (Wildman–Crippen MR) is 88.7 cm³/mol. The molecule has 0 unspecified atom stereocenters. The van der Waals surface area contributed by atoms with Crippen LogP contribution in [0.25, 0.3) is 0 Å². The van der Waals surface area contributed by atoms with Crippen LogP contribution in [0.15, 0.2) is 10.9 Å². The van der Waals surface area contributed by atoms with Gasteiger partial charge in [-0.05, 0) is 18.2 Å². The van der Waals surface area contributed by atoms with E-state index < -0.39 is 0 Å². The molecule has 0 aromatic carbocycles. The highest BCUT2D eigenvalue weighted by Crippen LogP contribution is 2.27. The lowest BCUT2D eigenvalue weighted by Crippen LogP contribution is -2.49. The maximum Gasteiger partial charge on any atom is 0.267 e. The third-order valence-corrected chi connectivity index (χ3v) is 5.96. The van der Waals surface area contributed by atoms with Crippen molar-refractivity contribution in [3.63, 3.8) is 0 Å². The summed E-state index contributed by atoms with van der Waals surface area (Å²) in [5.74, 6) is 3.32. The first-order valence-corrected chi connectivity index (χ1v) is 9.35. The molecule has 4 rings (SSSR count). The van der Waals surface area contributed by atoms with E-state index in [1.807, 2.05) is 18.7 Å². The van der Waals surface area contributed by atoms with Crippen molar-refractivity contribution in [1.29, 1.82) is 0 Å². The summed E-state index contributed by atoms with van der Waals surface area (Å²) < 4.78 is 5.87. The van der Waals surface area contributed by atoms with E-state index >= 15 is 0 Å². The van der Waals surface area contributed by atoms with E-state index in [0.717, 1.165) is 53.2 Å². The molecule has 0 saturated carbocycles. The highest BCUT2D eigenvalue weighted by molar-refractivity contribution is 7.98. The predicted octanol–water partition coefficient (Wildman–Crippen LogP) is 1.33. The van der Waals surface area contributed by atoms with E-state index in [2.05, 4.69) is 19.4 Å². The molecule has 4 heterocycles. The Balaban J connectivity index is 1.43. The van der Waals surface area contributed by atoms with Gasteiger partial charge in [-0.25, -0.2) is 9.67 Å². The van der Waals surface area contributed by atoms with Gasteiger partial charge in [0, 0.05) is 48.8 Å². The lowest BCUT2D eigenvalue weighted by atomic mass is 10.0. The van der Waals surface area contributed by atoms with E-state index in [-0.39, 0.29) is 5.56 Å². The number of hydrogen-bond donors (Lipinski definition) is 0. The largest absolute Gasteiger partial charge is 0.346 e. The molecule has 0 atom stereocenters. The minimum Gasteiger partial charge on any atom is -0.346 e. The molecule has 0 N–H and O–H groups in total. The van der Waals surface area contributed by atoms with Crippen molar-refractivity contribution in [1.82, 2.24) is 19.1 Å². The van der Waals surface area contributed by atoms with Gasteiger partial charge in [0.25, 0.3) is 5.56 Å². The number of fused-ring (bicyclic) bond motifs is 1. The number of aromatic nitrogens is 4. The number of nitrogens with zero attached hydrogens (tertiary/aromatic N) is 5. The van der Waals surface area contributed by atoms with Gasteiger partial charge in [-0.3, -0.25) is 4.79 Å². The second kappa shape index (κ2) is 5.66. The molecule has 1 fully saturated rings. The zero-order chi connectivity index (χ0) is 15.1. The number of thioether (sulfide) groups is 1. The minimum atomic E-state index is 0.0338. The van der Waals surface area contributed by atoms with Gasteiger partial charge in [-0.2, -0.15) is 21.2 Å². The Labute approximate surface area is 136 Å². The molecular weight excluding hydrogens is 318 g/mol. The fourth-order valence-electron chi connectivity index (χ4n) is 2.88. The third kappa shape index (κ3) is 2.65. The van der Waals surface area contributed by atoms with Crippen molar-refractivity contribution >= 4 is 28.4 Å². The van der Waals surface area contributed by atoms with Gasteiger partial charge in [0.1, 0.15) is 5.82 Å². The molecule has 1 saturated heterocycles. The van der Waals surface area contributed by atoms with Crippen molar-refractivity contribution < 1.29 is 0 Å². The number of anilines is 1. The molecule has 0 amide bonds. The lowest BCUT2D eigenvalue weighted by Gasteiger charge is -2.38. The second-order valence-corrected chi connectivity index (χ2v) is 7.67. The summed E-state index contributed by atoms with van der Waals surface area (Å²) in [6.07, 6.45) is 0.973. The quantitative estimate of drug-likeness (QED) is 0.843. The van der Waals surface area contributed by atoms with E-state index in [0.29, 0.717) is 12.5 Å². The van der Waals surface area contributed by atoms with Crippen molar-refractivity contribution in [2.75, 3.05) is 23.7 Å². The van der Waals surface area contributed by atoms with Crippen LogP contribution >= 0.6 is 23.3 Å². The number of hydrogen-bond acceptors (Lipinski definition) is 7. The summed E-state index contributed by atoms with van der Waals surface area (Å²) in [6.45, 7) is 4.46. The van der Waals surface area contributed by atoms with Crippen molar-refractivity contribution in [2.24, 2.45) is 5.92 Å². The monoisotopic (exact) mass is 335 g/mol. The third-order valence-electron chi connectivity index (χ3n) is 4.08. The first kappa shape index (κ1) is 14.2. The molecular formula is C14H17N5OS2. The van der Waals surface area contributed by atoms with Gasteiger partial charge in [0.15, 0.2) is 0 Å². The Kier molecular flexibility index (Phi) is 3.65. The SMILES string of the molecule is Cc1nsc(N2CC(Cn3nc4c(cc3=O)CSCC4)C2)n1. The highest BCUT2D eigenvalue weighted by Gasteiger charge is 2.30. The molecule has 0 bridgehead atoms. The average molecular weight is 335 g/mol. The molecule has 2 aliphatic heterocycles. The minimum absolute atomic E-state index is 0.0338. The van der Waals surface area contributed by atoms with E-state index in [1.54, 1.807) is 10.7 Å². The molecule has 22 heavy (non-hydrogen) atoms. The first-order chi connectivity index (χ1) is 10.7. The maximum atomic E-state index is 12.2. The maximum absolute atomic E-state index is 12.2. The summed E-state index contributed by atoms with van der Waals surface area (Å²) in [5, 5.41) is 5.57. The first-order valence-electron chi connectivity index (χ1n) is 7.42.